The van der Waals surface area contributed by atoms with E-state index < -0.39 is 0 Å². The van der Waals surface area contributed by atoms with Crippen LogP contribution in [-0.2, 0) is 0 Å². The topological polar surface area (TPSA) is 59.2 Å². The van der Waals surface area contributed by atoms with Gasteiger partial charge in [-0.05, 0) is 43.2 Å². The lowest BCUT2D eigenvalue weighted by Gasteiger charge is -2.41. The largest absolute Gasteiger partial charge is 0.397 e. The molecular weight excluding hydrogens is 337 g/mol. The molecule has 0 spiro atoms. The van der Waals surface area contributed by atoms with Crippen molar-refractivity contribution in [3.05, 3.63) is 52.3 Å². The van der Waals surface area contributed by atoms with Gasteiger partial charge in [0.2, 0.25) is 5.78 Å². The van der Waals surface area contributed by atoms with Crippen LogP contribution in [0.2, 0.25) is 0 Å². The fourth-order valence-corrected chi connectivity index (χ4v) is 4.94. The first-order chi connectivity index (χ1) is 12.1. The van der Waals surface area contributed by atoms with E-state index in [1.807, 2.05) is 0 Å². The number of carbonyl (C=O) groups is 1. The molecule has 0 atom stereocenters. The van der Waals surface area contributed by atoms with Gasteiger partial charge in [0.1, 0.15) is 15.5 Å². The van der Waals surface area contributed by atoms with E-state index in [0.717, 1.165) is 41.8 Å². The number of ketones is 1. The van der Waals surface area contributed by atoms with E-state index in [9.17, 15) is 9.18 Å². The third kappa shape index (κ3) is 2.17. The first-order valence-corrected chi connectivity index (χ1v) is 9.21. The third-order valence-corrected chi connectivity index (χ3v) is 6.38. The summed E-state index contributed by atoms with van der Waals surface area (Å²) < 4.78 is 13.1. The summed E-state index contributed by atoms with van der Waals surface area (Å²) in [6.45, 7) is 2.13. The SMILES string of the molecule is Nc1c(C(=O)c2ccc(F)cc2)sc2nc3c(cc12)N1CCC3CC1. The van der Waals surface area contributed by atoms with Gasteiger partial charge in [0.15, 0.2) is 0 Å². The minimum absolute atomic E-state index is 0.179. The lowest BCUT2D eigenvalue weighted by Crippen LogP contribution is -2.39. The van der Waals surface area contributed by atoms with Crippen molar-refractivity contribution in [2.75, 3.05) is 23.7 Å². The van der Waals surface area contributed by atoms with Gasteiger partial charge in [-0.3, -0.25) is 4.79 Å². The highest BCUT2D eigenvalue weighted by Crippen LogP contribution is 2.45. The fraction of sp³-hybridized carbons (Fsp3) is 0.263. The van der Waals surface area contributed by atoms with Gasteiger partial charge in [0, 0.05) is 30.0 Å². The number of pyridine rings is 1. The molecule has 2 N–H and O–H groups in total. The predicted molar refractivity (Wildman–Crippen MR) is 98.1 cm³/mol. The highest BCUT2D eigenvalue weighted by Gasteiger charge is 2.33. The molecule has 0 saturated carbocycles. The van der Waals surface area contributed by atoms with Crippen LogP contribution in [0.5, 0.6) is 0 Å². The lowest BCUT2D eigenvalue weighted by atomic mass is 9.86. The molecule has 4 nitrogen and oxygen atoms in total. The van der Waals surface area contributed by atoms with Crippen molar-refractivity contribution in [2.24, 2.45) is 0 Å². The fourth-order valence-electron chi connectivity index (χ4n) is 3.89. The molecule has 1 aromatic carbocycles. The summed E-state index contributed by atoms with van der Waals surface area (Å²) in [6, 6.07) is 7.66. The molecule has 3 aromatic rings. The van der Waals surface area contributed by atoms with Gasteiger partial charge in [-0.15, -0.1) is 11.3 Å². The second-order valence-electron chi connectivity index (χ2n) is 6.69. The Morgan fingerprint density at radius 1 is 1.24 bits per heavy atom. The van der Waals surface area contributed by atoms with Crippen molar-refractivity contribution in [1.82, 2.24) is 4.98 Å². The van der Waals surface area contributed by atoms with Crippen molar-refractivity contribution in [2.45, 2.75) is 18.8 Å². The summed E-state index contributed by atoms with van der Waals surface area (Å²) in [5.41, 5.74) is 9.52. The number of halogens is 1. The molecular formula is C19H16FN3OS. The summed E-state index contributed by atoms with van der Waals surface area (Å²) in [6.07, 6.45) is 2.29. The molecule has 6 rings (SSSR count). The highest BCUT2D eigenvalue weighted by molar-refractivity contribution is 7.21. The van der Waals surface area contributed by atoms with Crippen molar-refractivity contribution >= 4 is 38.7 Å². The molecule has 5 heterocycles. The van der Waals surface area contributed by atoms with Crippen molar-refractivity contribution in [3.63, 3.8) is 0 Å². The maximum absolute atomic E-state index is 13.1. The molecule has 1 saturated heterocycles. The Morgan fingerprint density at radius 2 is 1.96 bits per heavy atom. The summed E-state index contributed by atoms with van der Waals surface area (Å²) in [7, 11) is 0. The number of hydrogen-bond acceptors (Lipinski definition) is 5. The molecule has 126 valence electrons. The lowest BCUT2D eigenvalue weighted by molar-refractivity contribution is 0.104. The number of nitrogens with zero attached hydrogens (tertiary/aromatic N) is 2. The van der Waals surface area contributed by atoms with Gasteiger partial charge >= 0.3 is 0 Å². The molecule has 0 unspecified atom stereocenters. The quantitative estimate of drug-likeness (QED) is 0.709. The number of anilines is 2. The molecule has 2 aromatic heterocycles. The number of benzene rings is 1. The van der Waals surface area contributed by atoms with E-state index in [1.54, 1.807) is 0 Å². The van der Waals surface area contributed by atoms with Crippen LogP contribution in [-0.4, -0.2) is 23.9 Å². The van der Waals surface area contributed by atoms with Gasteiger partial charge in [0.25, 0.3) is 0 Å². The van der Waals surface area contributed by atoms with Crippen LogP contribution in [0.4, 0.5) is 15.8 Å². The van der Waals surface area contributed by atoms with E-state index in [0.29, 0.717) is 22.0 Å². The Labute approximate surface area is 148 Å². The molecule has 1 fully saturated rings. The minimum Gasteiger partial charge on any atom is -0.397 e. The van der Waals surface area contributed by atoms with Crippen LogP contribution in [0.25, 0.3) is 10.2 Å². The Kier molecular flexibility index (Phi) is 3.12. The standard InChI is InChI=1S/C19H16FN3OS/c20-12-3-1-11(2-4-12)17(24)18-15(21)13-9-14-16(22-19(13)25-18)10-5-7-23(14)8-6-10/h1-4,9-10H,5-8,21H2. The summed E-state index contributed by atoms with van der Waals surface area (Å²) in [5.74, 6) is -0.0227. The van der Waals surface area contributed by atoms with Crippen LogP contribution in [0.15, 0.2) is 30.3 Å². The Hall–Kier alpha value is -2.47. The van der Waals surface area contributed by atoms with Crippen molar-refractivity contribution < 1.29 is 9.18 Å². The number of aromatic nitrogens is 1. The minimum atomic E-state index is -0.361. The Bertz CT molecular complexity index is 1000. The molecule has 0 aliphatic carbocycles. The number of thiophene rings is 1. The van der Waals surface area contributed by atoms with Crippen LogP contribution in [0.3, 0.4) is 0 Å². The van der Waals surface area contributed by atoms with Gasteiger partial charge in [-0.2, -0.15) is 0 Å². The summed E-state index contributed by atoms with van der Waals surface area (Å²) in [5, 5.41) is 0.849. The average molecular weight is 353 g/mol. The second kappa shape index (κ2) is 5.26. The number of nitrogen functional groups attached to an aromatic ring is 1. The van der Waals surface area contributed by atoms with Gasteiger partial charge in [-0.25, -0.2) is 9.37 Å². The predicted octanol–water partition coefficient (Wildman–Crippen LogP) is 3.95. The molecule has 0 radical (unpaired) electrons. The zero-order valence-electron chi connectivity index (χ0n) is 13.5. The first-order valence-electron chi connectivity index (χ1n) is 8.40. The zero-order chi connectivity index (χ0) is 17.1. The number of fused-ring (bicyclic) bond motifs is 3. The average Bonchev–Trinajstić information content (AvgIpc) is 2.97. The Morgan fingerprint density at radius 3 is 2.68 bits per heavy atom. The van der Waals surface area contributed by atoms with E-state index in [1.165, 1.54) is 41.3 Å². The van der Waals surface area contributed by atoms with Crippen LogP contribution < -0.4 is 10.6 Å². The maximum Gasteiger partial charge on any atom is 0.205 e. The van der Waals surface area contributed by atoms with Gasteiger partial charge in [-0.1, -0.05) is 0 Å². The molecule has 3 aliphatic heterocycles. The zero-order valence-corrected chi connectivity index (χ0v) is 14.3. The van der Waals surface area contributed by atoms with E-state index in [-0.39, 0.29) is 11.6 Å². The molecule has 6 heteroatoms. The summed E-state index contributed by atoms with van der Waals surface area (Å²) >= 11 is 1.33. The number of nitrogens with two attached hydrogens (primary N) is 1. The molecule has 2 bridgehead atoms. The normalized spacial score (nSPS) is 16.4. The van der Waals surface area contributed by atoms with Crippen LogP contribution in [0.1, 0.15) is 39.7 Å². The monoisotopic (exact) mass is 353 g/mol. The second-order valence-corrected chi connectivity index (χ2v) is 7.69. The van der Waals surface area contributed by atoms with Gasteiger partial charge < -0.3 is 10.6 Å². The molecule has 25 heavy (non-hydrogen) atoms. The van der Waals surface area contributed by atoms with Crippen molar-refractivity contribution in [1.29, 1.82) is 0 Å². The van der Waals surface area contributed by atoms with E-state index in [2.05, 4.69) is 11.0 Å². The smallest absolute Gasteiger partial charge is 0.205 e. The number of carbonyl (C=O) groups excluding carboxylic acids is 1. The first kappa shape index (κ1) is 14.8. The van der Waals surface area contributed by atoms with Crippen LogP contribution >= 0.6 is 11.3 Å². The third-order valence-electron chi connectivity index (χ3n) is 5.26. The number of piperidine rings is 1. The van der Waals surface area contributed by atoms with Crippen molar-refractivity contribution in [3.8, 4) is 0 Å². The number of rotatable bonds is 2. The molecule has 0 amide bonds. The van der Waals surface area contributed by atoms with Crippen LogP contribution in [0, 0.1) is 5.82 Å². The van der Waals surface area contributed by atoms with Gasteiger partial charge in [0.05, 0.1) is 17.1 Å². The Balaban J connectivity index is 1.64. The highest BCUT2D eigenvalue weighted by atomic mass is 32.1. The molecule has 3 aliphatic rings. The number of hydrogen-bond donors (Lipinski definition) is 1. The van der Waals surface area contributed by atoms with E-state index >= 15 is 0 Å². The maximum atomic E-state index is 13.1. The summed E-state index contributed by atoms with van der Waals surface area (Å²) in [4.78, 5) is 21.3. The van der Waals surface area contributed by atoms with E-state index in [4.69, 9.17) is 10.7 Å².